The van der Waals surface area contributed by atoms with E-state index in [1.54, 1.807) is 12.1 Å². The number of benzene rings is 1. The lowest BCUT2D eigenvalue weighted by Crippen LogP contribution is -2.34. The average Bonchev–Trinajstić information content (AvgIpc) is 2.91. The van der Waals surface area contributed by atoms with Crippen LogP contribution in [-0.4, -0.2) is 19.8 Å². The molecule has 2 N–H and O–H groups in total. The molecule has 0 unspecified atom stereocenters. The minimum absolute atomic E-state index is 0.0966. The van der Waals surface area contributed by atoms with Crippen molar-refractivity contribution in [2.24, 2.45) is 0 Å². The van der Waals surface area contributed by atoms with Crippen molar-refractivity contribution in [3.05, 3.63) is 17.2 Å². The number of carbonyl (C=O) groups is 1. The number of halogens is 1. The lowest BCUT2D eigenvalue weighted by atomic mass is 10.2. The molecule has 0 radical (unpaired) electrons. The Morgan fingerprint density at radius 2 is 2.19 bits per heavy atom. The van der Waals surface area contributed by atoms with Gasteiger partial charge in [-0.1, -0.05) is 31.4 Å². The molecule has 0 bridgehead atoms. The molecule has 2 aromatic rings. The number of aromatic nitrogens is 2. The van der Waals surface area contributed by atoms with Gasteiger partial charge in [-0.3, -0.25) is 4.79 Å². The molecule has 1 aromatic heterocycles. The highest BCUT2D eigenvalue weighted by molar-refractivity contribution is 7.80. The highest BCUT2D eigenvalue weighted by Crippen LogP contribution is 2.29. The number of nitrogens with one attached hydrogen (secondary N) is 2. The van der Waals surface area contributed by atoms with Crippen LogP contribution in [0.4, 0.5) is 5.69 Å². The predicted octanol–water partition coefficient (Wildman–Crippen LogP) is 3.74. The fourth-order valence-electron chi connectivity index (χ4n) is 1.82. The molecule has 0 saturated carbocycles. The van der Waals surface area contributed by atoms with Crippen molar-refractivity contribution in [1.29, 1.82) is 0 Å². The summed E-state index contributed by atoms with van der Waals surface area (Å²) in [5.41, 5.74) is 1.96. The average molecular weight is 343 g/mol. The third kappa shape index (κ3) is 4.33. The van der Waals surface area contributed by atoms with Crippen LogP contribution in [0.5, 0.6) is 0 Å². The molecule has 0 atom stereocenters. The number of hydrogen-bond acceptors (Lipinski definition) is 5. The second-order valence-corrected chi connectivity index (χ2v) is 5.86. The van der Waals surface area contributed by atoms with E-state index in [0.29, 0.717) is 22.6 Å². The normalized spacial score (nSPS) is 10.6. The van der Waals surface area contributed by atoms with Crippen LogP contribution in [0.3, 0.4) is 0 Å². The molecule has 1 heterocycles. The van der Waals surface area contributed by atoms with Gasteiger partial charge in [-0.05, 0) is 30.8 Å². The van der Waals surface area contributed by atoms with E-state index in [1.807, 2.05) is 0 Å². The first-order valence-electron chi connectivity index (χ1n) is 6.63. The summed E-state index contributed by atoms with van der Waals surface area (Å²) >= 11 is 12.4. The Balaban J connectivity index is 2.00. The lowest BCUT2D eigenvalue weighted by molar-refractivity contribution is -0.119. The number of carbonyl (C=O) groups excluding carboxylic acids is 1. The molecule has 1 amide bonds. The predicted molar refractivity (Wildman–Crippen MR) is 90.9 cm³/mol. The van der Waals surface area contributed by atoms with Gasteiger partial charge in [0.05, 0.1) is 22.4 Å². The summed E-state index contributed by atoms with van der Waals surface area (Å²) in [5.74, 6) is -0.0966. The van der Waals surface area contributed by atoms with E-state index in [-0.39, 0.29) is 11.0 Å². The number of hydrogen-bond donors (Lipinski definition) is 2. The molecule has 0 saturated heterocycles. The van der Waals surface area contributed by atoms with Crippen molar-refractivity contribution in [3.63, 3.8) is 0 Å². The maximum atomic E-state index is 11.7. The van der Waals surface area contributed by atoms with Crippen LogP contribution in [0.1, 0.15) is 32.6 Å². The van der Waals surface area contributed by atoms with Crippen molar-refractivity contribution < 1.29 is 4.79 Å². The Kier molecular flexibility index (Phi) is 5.84. The van der Waals surface area contributed by atoms with Gasteiger partial charge in [0.1, 0.15) is 11.0 Å². The largest absolute Gasteiger partial charge is 0.329 e. The summed E-state index contributed by atoms with van der Waals surface area (Å²) in [6.07, 6.45) is 3.43. The Morgan fingerprint density at radius 1 is 1.38 bits per heavy atom. The van der Waals surface area contributed by atoms with E-state index in [0.717, 1.165) is 36.5 Å². The molecule has 112 valence electrons. The second-order valence-electron chi connectivity index (χ2n) is 4.51. The number of anilines is 1. The molecule has 0 aliphatic rings. The van der Waals surface area contributed by atoms with E-state index in [9.17, 15) is 4.79 Å². The van der Waals surface area contributed by atoms with Gasteiger partial charge in [-0.25, -0.2) is 0 Å². The fraction of sp³-hybridized carbons (Fsp3) is 0.385. The van der Waals surface area contributed by atoms with Gasteiger partial charge in [0.15, 0.2) is 5.11 Å². The van der Waals surface area contributed by atoms with Crippen molar-refractivity contribution in [3.8, 4) is 0 Å². The van der Waals surface area contributed by atoms with Gasteiger partial charge in [-0.15, -0.1) is 0 Å². The van der Waals surface area contributed by atoms with Crippen LogP contribution in [0, 0.1) is 0 Å². The van der Waals surface area contributed by atoms with Gasteiger partial charge < -0.3 is 10.6 Å². The van der Waals surface area contributed by atoms with Gasteiger partial charge in [0.2, 0.25) is 5.91 Å². The van der Waals surface area contributed by atoms with Crippen LogP contribution in [0.15, 0.2) is 12.1 Å². The third-order valence-electron chi connectivity index (χ3n) is 2.88. The first-order chi connectivity index (χ1) is 10.1. The number of fused-ring (bicyclic) bond motifs is 1. The van der Waals surface area contributed by atoms with Crippen molar-refractivity contribution in [1.82, 2.24) is 14.1 Å². The molecular weight excluding hydrogens is 328 g/mol. The Bertz CT molecular complexity index is 659. The summed E-state index contributed by atoms with van der Waals surface area (Å²) in [4.78, 5) is 11.7. The summed E-state index contributed by atoms with van der Waals surface area (Å²) < 4.78 is 8.32. The quantitative estimate of drug-likeness (QED) is 0.640. The maximum Gasteiger partial charge on any atom is 0.226 e. The number of unbranched alkanes of at least 4 members (excludes halogenated alkanes) is 2. The number of nitrogens with zero attached hydrogens (tertiary/aromatic N) is 2. The molecule has 0 aliphatic carbocycles. The van der Waals surface area contributed by atoms with Gasteiger partial charge in [-0.2, -0.15) is 8.75 Å². The number of thiocarbonyl (C=S) groups is 1. The van der Waals surface area contributed by atoms with Crippen molar-refractivity contribution >= 4 is 63.3 Å². The molecule has 0 fully saturated rings. The number of amides is 1. The third-order valence-corrected chi connectivity index (χ3v) is 3.94. The van der Waals surface area contributed by atoms with Crippen molar-refractivity contribution in [2.45, 2.75) is 32.6 Å². The molecule has 2 rings (SSSR count). The topological polar surface area (TPSA) is 66.9 Å². The smallest absolute Gasteiger partial charge is 0.226 e. The van der Waals surface area contributed by atoms with Crippen molar-refractivity contribution in [2.75, 3.05) is 5.32 Å². The monoisotopic (exact) mass is 342 g/mol. The minimum Gasteiger partial charge on any atom is -0.329 e. The molecule has 0 aliphatic heterocycles. The summed E-state index contributed by atoms with van der Waals surface area (Å²) in [7, 11) is 0. The standard InChI is InChI=1S/C13H15ClN4OS2/c1-2-3-4-5-10(19)15-13(20)16-11-8(14)6-7-9-12(11)18-21-17-9/h6-7H,2-5H2,1H3,(H2,15,16,19,20). The summed E-state index contributed by atoms with van der Waals surface area (Å²) in [5, 5.41) is 6.29. The molecule has 1 aromatic carbocycles. The summed E-state index contributed by atoms with van der Waals surface area (Å²) in [6, 6.07) is 3.51. The first kappa shape index (κ1) is 16.1. The van der Waals surface area contributed by atoms with Crippen LogP contribution < -0.4 is 10.6 Å². The SMILES string of the molecule is CCCCCC(=O)NC(=S)Nc1c(Cl)ccc2nsnc12. The molecule has 21 heavy (non-hydrogen) atoms. The Labute approximate surface area is 137 Å². The molecule has 8 heteroatoms. The van der Waals surface area contributed by atoms with Crippen LogP contribution >= 0.6 is 35.5 Å². The Morgan fingerprint density at radius 3 is 2.95 bits per heavy atom. The van der Waals surface area contributed by atoms with Gasteiger partial charge in [0.25, 0.3) is 0 Å². The van der Waals surface area contributed by atoms with E-state index >= 15 is 0 Å². The zero-order valence-electron chi connectivity index (χ0n) is 11.5. The zero-order valence-corrected chi connectivity index (χ0v) is 13.9. The van der Waals surface area contributed by atoms with E-state index < -0.39 is 0 Å². The highest BCUT2D eigenvalue weighted by Gasteiger charge is 2.12. The molecular formula is C13H15ClN4OS2. The van der Waals surface area contributed by atoms with E-state index in [1.165, 1.54) is 0 Å². The van der Waals surface area contributed by atoms with Crippen LogP contribution in [-0.2, 0) is 4.79 Å². The van der Waals surface area contributed by atoms with Crippen LogP contribution in [0.2, 0.25) is 5.02 Å². The fourth-order valence-corrected chi connectivity index (χ4v) is 2.77. The maximum absolute atomic E-state index is 11.7. The minimum atomic E-state index is -0.0966. The highest BCUT2D eigenvalue weighted by atomic mass is 35.5. The van der Waals surface area contributed by atoms with E-state index in [4.69, 9.17) is 23.8 Å². The summed E-state index contributed by atoms with van der Waals surface area (Å²) in [6.45, 7) is 2.09. The van der Waals surface area contributed by atoms with Crippen LogP contribution in [0.25, 0.3) is 11.0 Å². The lowest BCUT2D eigenvalue weighted by Gasteiger charge is -2.11. The molecule has 5 nitrogen and oxygen atoms in total. The first-order valence-corrected chi connectivity index (χ1v) is 8.15. The van der Waals surface area contributed by atoms with E-state index in [2.05, 4.69) is 26.3 Å². The van der Waals surface area contributed by atoms with Gasteiger partial charge in [0, 0.05) is 6.42 Å². The number of rotatable bonds is 5. The second kappa shape index (κ2) is 7.63. The molecule has 0 spiro atoms. The van der Waals surface area contributed by atoms with Gasteiger partial charge >= 0.3 is 0 Å². The Hall–Kier alpha value is -1.31. The zero-order chi connectivity index (χ0) is 15.2.